The Morgan fingerprint density at radius 3 is 2.37 bits per heavy atom. The summed E-state index contributed by atoms with van der Waals surface area (Å²) >= 11 is 0. The largest absolute Gasteiger partial charge is 0.435 e. The van der Waals surface area contributed by atoms with E-state index in [1.807, 2.05) is 31.2 Å². The third kappa shape index (κ3) is 8.16. The number of ether oxygens (including phenoxy) is 1. The van der Waals surface area contributed by atoms with Crippen LogP contribution in [0.25, 0.3) is 0 Å². The molecule has 2 aromatic rings. The smallest absolute Gasteiger partial charge is 0.387 e. The van der Waals surface area contributed by atoms with E-state index in [1.54, 1.807) is 24.1 Å². The molecular weight excluding hydrogens is 392 g/mol. The number of likely N-dealkylation sites (N-methyl/N-ethyl adjacent to an activating group) is 1. The first-order valence-electron chi connectivity index (χ1n) is 9.74. The van der Waals surface area contributed by atoms with Gasteiger partial charge in [0.25, 0.3) is 0 Å². The van der Waals surface area contributed by atoms with Gasteiger partial charge in [-0.1, -0.05) is 37.3 Å². The minimum absolute atomic E-state index is 0.0873. The summed E-state index contributed by atoms with van der Waals surface area (Å²) in [5.74, 6) is -0.284. The van der Waals surface area contributed by atoms with Gasteiger partial charge < -0.3 is 15.4 Å². The van der Waals surface area contributed by atoms with E-state index in [0.717, 1.165) is 23.2 Å². The second-order valence-corrected chi connectivity index (χ2v) is 6.85. The molecule has 0 radical (unpaired) electrons. The first-order chi connectivity index (χ1) is 14.4. The molecule has 2 aromatic carbocycles. The van der Waals surface area contributed by atoms with E-state index in [-0.39, 0.29) is 30.7 Å². The zero-order valence-corrected chi connectivity index (χ0v) is 17.2. The van der Waals surface area contributed by atoms with Crippen molar-refractivity contribution in [3.63, 3.8) is 0 Å². The van der Waals surface area contributed by atoms with Gasteiger partial charge in [-0.15, -0.1) is 0 Å². The fourth-order valence-electron chi connectivity index (χ4n) is 2.93. The monoisotopic (exact) mass is 419 g/mol. The van der Waals surface area contributed by atoms with Gasteiger partial charge in [-0.2, -0.15) is 8.78 Å². The maximum Gasteiger partial charge on any atom is 0.387 e. The molecule has 8 heteroatoms. The predicted molar refractivity (Wildman–Crippen MR) is 112 cm³/mol. The van der Waals surface area contributed by atoms with E-state index in [2.05, 4.69) is 15.4 Å². The van der Waals surface area contributed by atoms with E-state index in [9.17, 15) is 18.4 Å². The van der Waals surface area contributed by atoms with Gasteiger partial charge in [-0.25, -0.2) is 0 Å². The van der Waals surface area contributed by atoms with Gasteiger partial charge in [0.05, 0.1) is 13.1 Å². The number of para-hydroxylation sites is 1. The van der Waals surface area contributed by atoms with Crippen LogP contribution < -0.4 is 15.4 Å². The quantitative estimate of drug-likeness (QED) is 0.587. The number of anilines is 1. The van der Waals surface area contributed by atoms with Crippen molar-refractivity contribution in [2.75, 3.05) is 32.0 Å². The highest BCUT2D eigenvalue weighted by atomic mass is 19.3. The summed E-state index contributed by atoms with van der Waals surface area (Å²) in [4.78, 5) is 25.9. The number of alkyl halides is 2. The van der Waals surface area contributed by atoms with Crippen molar-refractivity contribution in [2.24, 2.45) is 0 Å². The molecule has 6 nitrogen and oxygen atoms in total. The highest BCUT2D eigenvalue weighted by Gasteiger charge is 2.12. The van der Waals surface area contributed by atoms with Gasteiger partial charge in [-0.3, -0.25) is 14.5 Å². The van der Waals surface area contributed by atoms with Crippen molar-refractivity contribution < 1.29 is 23.1 Å². The molecule has 0 saturated carbocycles. The zero-order valence-electron chi connectivity index (χ0n) is 17.2. The molecule has 0 heterocycles. The van der Waals surface area contributed by atoms with Crippen molar-refractivity contribution >= 4 is 17.5 Å². The molecule has 0 spiro atoms. The minimum Gasteiger partial charge on any atom is -0.435 e. The fraction of sp³-hybridized carbons (Fsp3) is 0.364. The Labute approximate surface area is 175 Å². The molecule has 0 fully saturated rings. The Morgan fingerprint density at radius 2 is 1.70 bits per heavy atom. The van der Waals surface area contributed by atoms with Crippen LogP contribution in [0.2, 0.25) is 0 Å². The van der Waals surface area contributed by atoms with Crippen molar-refractivity contribution in [3.8, 4) is 5.75 Å². The Balaban J connectivity index is 1.69. The number of aryl methyl sites for hydroxylation is 1. The first kappa shape index (κ1) is 23.3. The number of halogens is 2. The number of nitrogens with one attached hydrogen (secondary N) is 2. The van der Waals surface area contributed by atoms with Gasteiger partial charge >= 0.3 is 6.61 Å². The standard InChI is InChI=1S/C22H27F2N3O3/c1-3-17-6-4-5-7-19(17)26-21(29)15-27(2)14-20(28)25-13-12-16-8-10-18(11-9-16)30-22(23)24/h4-11,22H,3,12-15H2,1-2H3,(H,25,28)(H,26,29). The average molecular weight is 419 g/mol. The van der Waals surface area contributed by atoms with E-state index in [1.165, 1.54) is 12.1 Å². The maximum absolute atomic E-state index is 12.2. The molecular formula is C22H27F2N3O3. The summed E-state index contributed by atoms with van der Waals surface area (Å²) in [5.41, 5.74) is 2.73. The van der Waals surface area contributed by atoms with Crippen molar-refractivity contribution in [2.45, 2.75) is 26.4 Å². The van der Waals surface area contributed by atoms with Crippen LogP contribution in [-0.4, -0.2) is 50.0 Å². The van der Waals surface area contributed by atoms with Crippen LogP contribution in [0.5, 0.6) is 5.75 Å². The summed E-state index contributed by atoms with van der Waals surface area (Å²) in [6, 6.07) is 13.9. The van der Waals surface area contributed by atoms with Crippen molar-refractivity contribution in [3.05, 3.63) is 59.7 Å². The van der Waals surface area contributed by atoms with Gasteiger partial charge in [0, 0.05) is 12.2 Å². The number of benzene rings is 2. The van der Waals surface area contributed by atoms with Crippen LogP contribution in [0, 0.1) is 0 Å². The topological polar surface area (TPSA) is 70.7 Å². The fourth-order valence-corrected chi connectivity index (χ4v) is 2.93. The number of nitrogens with zero attached hydrogens (tertiary/aromatic N) is 1. The first-order valence-corrected chi connectivity index (χ1v) is 9.74. The van der Waals surface area contributed by atoms with E-state index >= 15 is 0 Å². The third-order valence-electron chi connectivity index (χ3n) is 4.38. The van der Waals surface area contributed by atoms with Crippen LogP contribution >= 0.6 is 0 Å². The molecule has 0 aliphatic rings. The minimum atomic E-state index is -2.85. The van der Waals surface area contributed by atoms with Crippen molar-refractivity contribution in [1.82, 2.24) is 10.2 Å². The SMILES string of the molecule is CCc1ccccc1NC(=O)CN(C)CC(=O)NCCc1ccc(OC(F)F)cc1. The second kappa shape index (κ2) is 11.9. The summed E-state index contributed by atoms with van der Waals surface area (Å²) in [7, 11) is 1.70. The number of hydrogen-bond acceptors (Lipinski definition) is 4. The van der Waals surface area contributed by atoms with Gasteiger partial charge in [-0.05, 0) is 49.2 Å². The summed E-state index contributed by atoms with van der Waals surface area (Å²) in [6.45, 7) is -0.248. The molecule has 0 aliphatic carbocycles. The Morgan fingerprint density at radius 1 is 1.03 bits per heavy atom. The predicted octanol–water partition coefficient (Wildman–Crippen LogP) is 3.08. The number of carbonyl (C=O) groups excluding carboxylic acids is 2. The lowest BCUT2D eigenvalue weighted by Gasteiger charge is -2.17. The molecule has 2 N–H and O–H groups in total. The second-order valence-electron chi connectivity index (χ2n) is 6.85. The van der Waals surface area contributed by atoms with E-state index in [4.69, 9.17) is 0 Å². The molecule has 2 amide bonds. The molecule has 162 valence electrons. The van der Waals surface area contributed by atoms with Gasteiger partial charge in [0.15, 0.2) is 0 Å². The molecule has 0 aliphatic heterocycles. The molecule has 0 unspecified atom stereocenters. The van der Waals surface area contributed by atoms with Crippen LogP contribution in [0.3, 0.4) is 0 Å². The Kier molecular flexibility index (Phi) is 9.21. The third-order valence-corrected chi connectivity index (χ3v) is 4.38. The molecule has 30 heavy (non-hydrogen) atoms. The number of carbonyl (C=O) groups is 2. The lowest BCUT2D eigenvalue weighted by atomic mass is 10.1. The van der Waals surface area contributed by atoms with Crippen LogP contribution in [0.1, 0.15) is 18.1 Å². The molecule has 0 atom stereocenters. The van der Waals surface area contributed by atoms with Crippen LogP contribution in [0.15, 0.2) is 48.5 Å². The average Bonchev–Trinajstić information content (AvgIpc) is 2.69. The van der Waals surface area contributed by atoms with Gasteiger partial charge in [0.2, 0.25) is 11.8 Å². The van der Waals surface area contributed by atoms with Crippen LogP contribution in [0.4, 0.5) is 14.5 Å². The number of hydrogen-bond donors (Lipinski definition) is 2. The lowest BCUT2D eigenvalue weighted by Crippen LogP contribution is -2.39. The van der Waals surface area contributed by atoms with E-state index < -0.39 is 6.61 Å². The summed E-state index contributed by atoms with van der Waals surface area (Å²) in [5, 5.41) is 5.66. The normalized spacial score (nSPS) is 10.9. The zero-order chi connectivity index (χ0) is 21.9. The Bertz CT molecular complexity index is 829. The molecule has 0 aromatic heterocycles. The molecule has 0 bridgehead atoms. The number of rotatable bonds is 11. The summed E-state index contributed by atoms with van der Waals surface area (Å²) in [6.07, 6.45) is 1.37. The highest BCUT2D eigenvalue weighted by molar-refractivity contribution is 5.93. The lowest BCUT2D eigenvalue weighted by molar-refractivity contribution is -0.122. The van der Waals surface area contributed by atoms with Crippen LogP contribution in [-0.2, 0) is 22.4 Å². The van der Waals surface area contributed by atoms with Gasteiger partial charge in [0.1, 0.15) is 5.75 Å². The number of amides is 2. The maximum atomic E-state index is 12.2. The molecule has 0 saturated heterocycles. The molecule has 2 rings (SSSR count). The highest BCUT2D eigenvalue weighted by Crippen LogP contribution is 2.16. The Hall–Kier alpha value is -3.00. The van der Waals surface area contributed by atoms with E-state index in [0.29, 0.717) is 13.0 Å². The van der Waals surface area contributed by atoms with Crippen molar-refractivity contribution in [1.29, 1.82) is 0 Å². The summed E-state index contributed by atoms with van der Waals surface area (Å²) < 4.78 is 28.6.